The summed E-state index contributed by atoms with van der Waals surface area (Å²) in [6.07, 6.45) is -0.607. The predicted molar refractivity (Wildman–Crippen MR) is 118 cm³/mol. The number of rotatable bonds is 7. The fourth-order valence-electron chi connectivity index (χ4n) is 3.46. The number of fused-ring (bicyclic) bond motifs is 3. The van der Waals surface area contributed by atoms with Crippen molar-refractivity contribution in [3.8, 4) is 5.75 Å². The van der Waals surface area contributed by atoms with Gasteiger partial charge in [-0.25, -0.2) is 0 Å². The maximum atomic E-state index is 10.5. The lowest BCUT2D eigenvalue weighted by Gasteiger charge is -2.16. The molecule has 0 spiro atoms. The van der Waals surface area contributed by atoms with Crippen LogP contribution in [-0.2, 0) is 0 Å². The largest absolute Gasteiger partial charge is 0.491 e. The minimum Gasteiger partial charge on any atom is -0.491 e. The summed E-state index contributed by atoms with van der Waals surface area (Å²) in [4.78, 5) is 0. The van der Waals surface area contributed by atoms with Gasteiger partial charge in [-0.15, -0.1) is 10.2 Å². The van der Waals surface area contributed by atoms with E-state index in [4.69, 9.17) is 4.74 Å². The second-order valence-electron chi connectivity index (χ2n) is 7.49. The zero-order valence-electron chi connectivity index (χ0n) is 16.9. The summed E-state index contributed by atoms with van der Waals surface area (Å²) in [5, 5.41) is 21.1. The summed E-state index contributed by atoms with van der Waals surface area (Å²) in [6, 6.07) is 18.3. The van der Waals surface area contributed by atoms with E-state index in [9.17, 15) is 5.11 Å². The minimum atomic E-state index is -0.607. The molecule has 0 fully saturated rings. The monoisotopic (exact) mass is 407 g/mol. The van der Waals surface area contributed by atoms with Gasteiger partial charge in [-0.1, -0.05) is 62.0 Å². The van der Waals surface area contributed by atoms with E-state index in [1.807, 2.05) is 36.4 Å². The average Bonchev–Trinajstić information content (AvgIpc) is 3.14. The van der Waals surface area contributed by atoms with Crippen LogP contribution >= 0.6 is 11.8 Å². The fourth-order valence-corrected chi connectivity index (χ4v) is 4.32. The first-order valence-electron chi connectivity index (χ1n) is 9.80. The lowest BCUT2D eigenvalue weighted by atomic mass is 10.0. The summed E-state index contributed by atoms with van der Waals surface area (Å²) in [7, 11) is 0. The number of benzene rings is 2. The molecule has 1 unspecified atom stereocenters. The smallest absolute Gasteiger partial charge is 0.196 e. The van der Waals surface area contributed by atoms with Crippen molar-refractivity contribution < 1.29 is 9.84 Å². The summed E-state index contributed by atoms with van der Waals surface area (Å²) >= 11 is 1.49. The molecule has 0 saturated heterocycles. The molecule has 4 aromatic rings. The summed E-state index contributed by atoms with van der Waals surface area (Å²) < 4.78 is 7.95. The minimum absolute atomic E-state index is 0.243. The third kappa shape index (κ3) is 4.09. The van der Waals surface area contributed by atoms with E-state index in [1.165, 1.54) is 22.7 Å². The fraction of sp³-hybridized carbons (Fsp3) is 0.304. The number of nitrogens with zero attached hydrogens (tertiary/aromatic N) is 3. The summed E-state index contributed by atoms with van der Waals surface area (Å²) in [5.74, 6) is 1.69. The quantitative estimate of drug-likeness (QED) is 0.444. The molecule has 0 aliphatic heterocycles. The van der Waals surface area contributed by atoms with E-state index < -0.39 is 6.10 Å². The van der Waals surface area contributed by atoms with Gasteiger partial charge in [-0.3, -0.25) is 4.40 Å². The number of hydrogen-bond donors (Lipinski definition) is 1. The van der Waals surface area contributed by atoms with Crippen LogP contribution < -0.4 is 4.74 Å². The number of pyridine rings is 1. The van der Waals surface area contributed by atoms with E-state index in [-0.39, 0.29) is 6.61 Å². The Morgan fingerprint density at radius 2 is 1.83 bits per heavy atom. The van der Waals surface area contributed by atoms with Crippen LogP contribution in [0.3, 0.4) is 0 Å². The zero-order valence-corrected chi connectivity index (χ0v) is 17.7. The van der Waals surface area contributed by atoms with Gasteiger partial charge in [-0.05, 0) is 42.2 Å². The number of aliphatic hydroxyl groups excluding tert-OH is 1. The molecule has 0 aliphatic carbocycles. The summed E-state index contributed by atoms with van der Waals surface area (Å²) in [5.41, 5.74) is 4.22. The molecule has 1 atom stereocenters. The van der Waals surface area contributed by atoms with E-state index >= 15 is 0 Å². The molecule has 2 aromatic carbocycles. The van der Waals surface area contributed by atoms with Gasteiger partial charge >= 0.3 is 0 Å². The van der Waals surface area contributed by atoms with Gasteiger partial charge in [0, 0.05) is 11.1 Å². The zero-order chi connectivity index (χ0) is 20.4. The number of aromatic nitrogens is 3. The Kier molecular flexibility index (Phi) is 5.74. The Labute approximate surface area is 174 Å². The van der Waals surface area contributed by atoms with Crippen LogP contribution in [0.1, 0.15) is 30.9 Å². The van der Waals surface area contributed by atoms with Gasteiger partial charge in [0.25, 0.3) is 0 Å². The highest BCUT2D eigenvalue weighted by atomic mass is 32.2. The molecule has 29 heavy (non-hydrogen) atoms. The molecular formula is C23H25N3O2S. The Morgan fingerprint density at radius 1 is 1.07 bits per heavy atom. The van der Waals surface area contributed by atoms with Crippen LogP contribution in [-0.4, -0.2) is 38.2 Å². The SMILES string of the molecule is Cc1cc2nnc(SCC(O)COc3ccccc3C(C)C)n2c2ccccc12. The van der Waals surface area contributed by atoms with Crippen LogP contribution in [0.25, 0.3) is 16.6 Å². The van der Waals surface area contributed by atoms with Gasteiger partial charge < -0.3 is 9.84 Å². The Hall–Kier alpha value is -2.57. The third-order valence-corrected chi connectivity index (χ3v) is 6.02. The molecular weight excluding hydrogens is 382 g/mol. The van der Waals surface area contributed by atoms with Crippen LogP contribution in [0.4, 0.5) is 0 Å². The van der Waals surface area contributed by atoms with Crippen molar-refractivity contribution in [3.63, 3.8) is 0 Å². The van der Waals surface area contributed by atoms with Gasteiger partial charge in [0.1, 0.15) is 12.4 Å². The van der Waals surface area contributed by atoms with Crippen LogP contribution in [0.15, 0.2) is 59.8 Å². The van der Waals surface area contributed by atoms with Gasteiger partial charge in [0.2, 0.25) is 0 Å². The highest BCUT2D eigenvalue weighted by Gasteiger charge is 2.15. The first-order valence-corrected chi connectivity index (χ1v) is 10.8. The number of aryl methyl sites for hydroxylation is 1. The molecule has 0 amide bonds. The molecule has 0 radical (unpaired) electrons. The van der Waals surface area contributed by atoms with Gasteiger partial charge in [-0.2, -0.15) is 0 Å². The highest BCUT2D eigenvalue weighted by molar-refractivity contribution is 7.99. The number of para-hydroxylation sites is 2. The number of aliphatic hydroxyl groups is 1. The molecule has 2 heterocycles. The Bertz CT molecular complexity index is 1140. The molecule has 0 bridgehead atoms. The first-order chi connectivity index (χ1) is 14.0. The average molecular weight is 408 g/mol. The van der Waals surface area contributed by atoms with Crippen molar-refractivity contribution in [3.05, 3.63) is 65.7 Å². The van der Waals surface area contributed by atoms with E-state index in [1.54, 1.807) is 0 Å². The molecule has 4 rings (SSSR count). The molecule has 150 valence electrons. The van der Waals surface area contributed by atoms with Crippen LogP contribution in [0.2, 0.25) is 0 Å². The van der Waals surface area contributed by atoms with E-state index in [0.717, 1.165) is 27.6 Å². The Morgan fingerprint density at radius 3 is 2.66 bits per heavy atom. The van der Waals surface area contributed by atoms with Crippen molar-refractivity contribution in [2.24, 2.45) is 0 Å². The highest BCUT2D eigenvalue weighted by Crippen LogP contribution is 2.28. The van der Waals surface area contributed by atoms with Crippen LogP contribution in [0, 0.1) is 6.92 Å². The van der Waals surface area contributed by atoms with Crippen molar-refractivity contribution in [2.45, 2.75) is 37.9 Å². The van der Waals surface area contributed by atoms with Gasteiger partial charge in [0.15, 0.2) is 10.8 Å². The standard InChI is InChI=1S/C23H25N3O2S/c1-15(2)18-8-5-7-11-21(18)28-13-17(27)14-29-23-25-24-22-12-16(3)19-9-4-6-10-20(19)26(22)23/h4-12,15,17,27H,13-14H2,1-3H3. The number of hydrogen-bond acceptors (Lipinski definition) is 5. The van der Waals surface area contributed by atoms with Crippen LogP contribution in [0.5, 0.6) is 5.75 Å². The molecule has 2 aromatic heterocycles. The lowest BCUT2D eigenvalue weighted by Crippen LogP contribution is -2.20. The van der Waals surface area contributed by atoms with E-state index in [2.05, 4.69) is 53.6 Å². The second kappa shape index (κ2) is 8.43. The predicted octanol–water partition coefficient (Wildman–Crippen LogP) is 4.85. The number of thioether (sulfide) groups is 1. The van der Waals surface area contributed by atoms with Crippen molar-refractivity contribution in [1.82, 2.24) is 14.6 Å². The van der Waals surface area contributed by atoms with E-state index in [0.29, 0.717) is 11.7 Å². The van der Waals surface area contributed by atoms with Gasteiger partial charge in [0.05, 0.1) is 11.6 Å². The van der Waals surface area contributed by atoms with Crippen molar-refractivity contribution in [2.75, 3.05) is 12.4 Å². The van der Waals surface area contributed by atoms with Crippen molar-refractivity contribution in [1.29, 1.82) is 0 Å². The van der Waals surface area contributed by atoms with Crippen molar-refractivity contribution >= 4 is 28.3 Å². The maximum Gasteiger partial charge on any atom is 0.196 e. The lowest BCUT2D eigenvalue weighted by molar-refractivity contribution is 0.125. The number of ether oxygens (including phenoxy) is 1. The molecule has 6 heteroatoms. The first kappa shape index (κ1) is 19.7. The molecule has 1 N–H and O–H groups in total. The Balaban J connectivity index is 1.47. The molecule has 5 nitrogen and oxygen atoms in total. The second-order valence-corrected chi connectivity index (χ2v) is 8.48. The maximum absolute atomic E-state index is 10.5. The topological polar surface area (TPSA) is 59.7 Å². The third-order valence-electron chi connectivity index (χ3n) is 4.95. The molecule has 0 saturated carbocycles. The summed E-state index contributed by atoms with van der Waals surface area (Å²) in [6.45, 7) is 6.60. The molecule has 0 aliphatic rings. The normalized spacial score (nSPS) is 12.7.